The summed E-state index contributed by atoms with van der Waals surface area (Å²) in [5.41, 5.74) is 7.06. The first-order valence-electron chi connectivity index (χ1n) is 7.64. The molecule has 1 heterocycles. The molecule has 0 aliphatic rings. The van der Waals surface area contributed by atoms with Gasteiger partial charge in [0.15, 0.2) is 5.82 Å². The van der Waals surface area contributed by atoms with Gasteiger partial charge in [0, 0.05) is 18.3 Å². The monoisotopic (exact) mass is 377 g/mol. The molecular formula is C17H14F3N5O2. The van der Waals surface area contributed by atoms with Crippen LogP contribution < -0.4 is 15.4 Å². The number of benzene rings is 2. The number of aromatic nitrogens is 3. The van der Waals surface area contributed by atoms with Gasteiger partial charge in [0.25, 0.3) is 0 Å². The van der Waals surface area contributed by atoms with Crippen LogP contribution >= 0.6 is 0 Å². The molecule has 140 valence electrons. The Bertz CT molecular complexity index is 936. The van der Waals surface area contributed by atoms with Crippen molar-refractivity contribution < 1.29 is 22.7 Å². The van der Waals surface area contributed by atoms with Gasteiger partial charge < -0.3 is 10.5 Å². The minimum absolute atomic E-state index is 0.319. The highest BCUT2D eigenvalue weighted by Gasteiger charge is 2.31. The van der Waals surface area contributed by atoms with Crippen LogP contribution in [-0.4, -0.2) is 34.2 Å². The second-order valence-corrected chi connectivity index (χ2v) is 5.50. The van der Waals surface area contributed by atoms with Crippen LogP contribution in [-0.2, 0) is 0 Å². The van der Waals surface area contributed by atoms with Crippen LogP contribution in [0.25, 0.3) is 17.1 Å². The van der Waals surface area contributed by atoms with Gasteiger partial charge >= 0.3 is 12.4 Å². The fourth-order valence-electron chi connectivity index (χ4n) is 2.28. The van der Waals surface area contributed by atoms with Crippen LogP contribution in [0.1, 0.15) is 0 Å². The molecule has 2 N–H and O–H groups in total. The maximum atomic E-state index is 12.2. The van der Waals surface area contributed by atoms with E-state index in [9.17, 15) is 18.0 Å². The summed E-state index contributed by atoms with van der Waals surface area (Å²) in [6, 6.07) is 11.5. The lowest BCUT2D eigenvalue weighted by atomic mass is 10.2. The first-order valence-corrected chi connectivity index (χ1v) is 7.64. The van der Waals surface area contributed by atoms with Gasteiger partial charge in [0.2, 0.25) is 0 Å². The zero-order chi connectivity index (χ0) is 19.6. The number of ether oxygens (including phenoxy) is 1. The molecule has 0 fully saturated rings. The Morgan fingerprint density at radius 3 is 2.30 bits per heavy atom. The number of alkyl halides is 3. The third-order valence-electron chi connectivity index (χ3n) is 3.67. The van der Waals surface area contributed by atoms with Crippen LogP contribution in [0.5, 0.6) is 5.75 Å². The Morgan fingerprint density at radius 1 is 1.11 bits per heavy atom. The minimum Gasteiger partial charge on any atom is -0.406 e. The summed E-state index contributed by atoms with van der Waals surface area (Å²) in [4.78, 5) is 16.6. The average Bonchev–Trinajstić information content (AvgIpc) is 3.10. The predicted molar refractivity (Wildman–Crippen MR) is 91.5 cm³/mol. The van der Waals surface area contributed by atoms with Crippen molar-refractivity contribution >= 4 is 11.7 Å². The molecule has 0 aliphatic heterocycles. The molecule has 0 unspecified atom stereocenters. The minimum atomic E-state index is -4.74. The quantitative estimate of drug-likeness (QED) is 0.756. The lowest BCUT2D eigenvalue weighted by Gasteiger charge is -2.14. The van der Waals surface area contributed by atoms with Crippen LogP contribution in [0.4, 0.5) is 23.7 Å². The first-order chi connectivity index (χ1) is 12.7. The zero-order valence-electron chi connectivity index (χ0n) is 14.0. The Hall–Kier alpha value is -3.56. The maximum absolute atomic E-state index is 12.2. The second-order valence-electron chi connectivity index (χ2n) is 5.50. The summed E-state index contributed by atoms with van der Waals surface area (Å²) in [6.07, 6.45) is -3.30. The zero-order valence-corrected chi connectivity index (χ0v) is 14.0. The molecule has 10 heteroatoms. The number of halogens is 3. The molecule has 2 aromatic carbocycles. The Balaban J connectivity index is 1.77. The first kappa shape index (κ1) is 18.2. The molecule has 3 rings (SSSR count). The van der Waals surface area contributed by atoms with Gasteiger partial charge in [-0.1, -0.05) is 0 Å². The number of primary amides is 1. The highest BCUT2D eigenvalue weighted by Crippen LogP contribution is 2.24. The van der Waals surface area contributed by atoms with Crippen LogP contribution in [0.3, 0.4) is 0 Å². The third-order valence-corrected chi connectivity index (χ3v) is 3.67. The molecule has 27 heavy (non-hydrogen) atoms. The van der Waals surface area contributed by atoms with E-state index in [1.54, 1.807) is 31.3 Å². The van der Waals surface area contributed by atoms with Crippen molar-refractivity contribution in [3.8, 4) is 22.8 Å². The number of nitrogens with two attached hydrogens (primary N) is 1. The number of rotatable bonds is 4. The average molecular weight is 377 g/mol. The Morgan fingerprint density at radius 2 is 1.74 bits per heavy atom. The number of carbonyl (C=O) groups is 1. The molecule has 0 atom stereocenters. The molecular weight excluding hydrogens is 363 g/mol. The predicted octanol–water partition coefficient (Wildman–Crippen LogP) is 3.35. The van der Waals surface area contributed by atoms with Gasteiger partial charge in [-0.25, -0.2) is 14.5 Å². The number of anilines is 1. The highest BCUT2D eigenvalue weighted by atomic mass is 19.4. The molecule has 7 nitrogen and oxygen atoms in total. The number of carbonyl (C=O) groups excluding carboxylic acids is 1. The van der Waals surface area contributed by atoms with E-state index in [0.717, 1.165) is 0 Å². The summed E-state index contributed by atoms with van der Waals surface area (Å²) in [7, 11) is 1.55. The molecule has 0 saturated carbocycles. The molecule has 0 saturated heterocycles. The SMILES string of the molecule is CN(C(N)=O)c1ccc(-c2ncn(-c3ccc(OC(F)(F)F)cc3)n2)cc1. The maximum Gasteiger partial charge on any atom is 0.573 e. The van der Waals surface area contributed by atoms with Crippen LogP contribution in [0.2, 0.25) is 0 Å². The standard InChI is InChI=1S/C17H14F3N5O2/c1-24(16(21)26)12-4-2-11(3-5-12)15-22-10-25(23-15)13-6-8-14(9-7-13)27-17(18,19)20/h2-10H,1H3,(H2,21,26). The molecule has 3 aromatic rings. The van der Waals surface area contributed by atoms with E-state index in [1.165, 1.54) is 40.2 Å². The van der Waals surface area contributed by atoms with E-state index >= 15 is 0 Å². The van der Waals surface area contributed by atoms with E-state index in [-0.39, 0.29) is 5.75 Å². The molecule has 0 spiro atoms. The second kappa shape index (κ2) is 6.98. The van der Waals surface area contributed by atoms with Crippen molar-refractivity contribution in [3.05, 3.63) is 54.9 Å². The highest BCUT2D eigenvalue weighted by molar-refractivity contribution is 5.90. The van der Waals surface area contributed by atoms with Crippen molar-refractivity contribution in [3.63, 3.8) is 0 Å². The van der Waals surface area contributed by atoms with E-state index in [2.05, 4.69) is 14.8 Å². The van der Waals surface area contributed by atoms with Gasteiger partial charge in [-0.3, -0.25) is 4.90 Å². The number of amides is 2. The fraction of sp³-hybridized carbons (Fsp3) is 0.118. The van der Waals surface area contributed by atoms with Gasteiger partial charge in [-0.05, 0) is 48.5 Å². The molecule has 2 amide bonds. The molecule has 0 aliphatic carbocycles. The summed E-state index contributed by atoms with van der Waals surface area (Å²) in [6.45, 7) is 0. The van der Waals surface area contributed by atoms with Gasteiger partial charge in [-0.2, -0.15) is 0 Å². The van der Waals surface area contributed by atoms with Crippen molar-refractivity contribution in [2.45, 2.75) is 6.36 Å². The lowest BCUT2D eigenvalue weighted by molar-refractivity contribution is -0.274. The van der Waals surface area contributed by atoms with E-state index in [4.69, 9.17) is 5.73 Å². The Labute approximate surface area is 151 Å². The Kier molecular flexibility index (Phi) is 4.72. The van der Waals surface area contributed by atoms with E-state index in [0.29, 0.717) is 22.8 Å². The number of nitrogens with zero attached hydrogens (tertiary/aromatic N) is 4. The topological polar surface area (TPSA) is 86.3 Å². The smallest absolute Gasteiger partial charge is 0.406 e. The van der Waals surface area contributed by atoms with E-state index < -0.39 is 12.4 Å². The normalized spacial score (nSPS) is 11.3. The van der Waals surface area contributed by atoms with Gasteiger partial charge in [-0.15, -0.1) is 18.3 Å². The van der Waals surface area contributed by atoms with Crippen LogP contribution in [0.15, 0.2) is 54.9 Å². The van der Waals surface area contributed by atoms with Crippen LogP contribution in [0, 0.1) is 0 Å². The van der Waals surface area contributed by atoms with Crippen molar-refractivity contribution in [1.29, 1.82) is 0 Å². The number of hydrogen-bond donors (Lipinski definition) is 1. The number of urea groups is 1. The summed E-state index contributed by atoms with van der Waals surface area (Å²) in [5.74, 6) is 0.0969. The summed E-state index contributed by atoms with van der Waals surface area (Å²) in [5, 5.41) is 4.30. The molecule has 0 radical (unpaired) electrons. The van der Waals surface area contributed by atoms with Gasteiger partial charge in [0.1, 0.15) is 12.1 Å². The summed E-state index contributed by atoms with van der Waals surface area (Å²) < 4.78 is 41.9. The van der Waals surface area contributed by atoms with Crippen molar-refractivity contribution in [2.75, 3.05) is 11.9 Å². The summed E-state index contributed by atoms with van der Waals surface area (Å²) >= 11 is 0. The molecule has 1 aromatic heterocycles. The molecule has 0 bridgehead atoms. The number of hydrogen-bond acceptors (Lipinski definition) is 4. The fourth-order valence-corrected chi connectivity index (χ4v) is 2.28. The van der Waals surface area contributed by atoms with Crippen molar-refractivity contribution in [1.82, 2.24) is 14.8 Å². The van der Waals surface area contributed by atoms with Gasteiger partial charge in [0.05, 0.1) is 5.69 Å². The third kappa shape index (κ3) is 4.35. The lowest BCUT2D eigenvalue weighted by Crippen LogP contribution is -2.31. The van der Waals surface area contributed by atoms with E-state index in [1.807, 2.05) is 0 Å². The van der Waals surface area contributed by atoms with Crippen molar-refractivity contribution in [2.24, 2.45) is 5.73 Å². The largest absolute Gasteiger partial charge is 0.573 e.